The lowest BCUT2D eigenvalue weighted by Gasteiger charge is -2.14. The van der Waals surface area contributed by atoms with E-state index in [1.807, 2.05) is 18.7 Å². The highest BCUT2D eigenvalue weighted by Crippen LogP contribution is 2.07. The van der Waals surface area contributed by atoms with Crippen molar-refractivity contribution in [1.82, 2.24) is 5.32 Å². The number of rotatable bonds is 11. The molecule has 0 aliphatic carbocycles. The van der Waals surface area contributed by atoms with Gasteiger partial charge in [-0.05, 0) is 31.3 Å². The molecule has 0 aliphatic heterocycles. The zero-order valence-corrected chi connectivity index (χ0v) is 12.8. The maximum absolute atomic E-state index is 11.9. The Kier molecular flexibility index (Phi) is 11.6. The van der Waals surface area contributed by atoms with Gasteiger partial charge in [0.2, 0.25) is 5.91 Å². The highest BCUT2D eigenvalue weighted by Gasteiger charge is 2.21. The number of amides is 1. The standard InChI is InChI=1S/C13H27N3O2S/c1-3-8-11(12(14)16-18)13(17)15-9-6-4-5-7-10-19-2/h11,18H,3-10H2,1-2H3,(H2,14,16)(H,15,17). The van der Waals surface area contributed by atoms with E-state index in [0.717, 1.165) is 19.3 Å². The molecule has 19 heavy (non-hydrogen) atoms. The Hall–Kier alpha value is -0.910. The number of nitrogens with two attached hydrogens (primary N) is 1. The van der Waals surface area contributed by atoms with Crippen LogP contribution in [0.3, 0.4) is 0 Å². The molecule has 6 heteroatoms. The molecule has 0 bridgehead atoms. The van der Waals surface area contributed by atoms with Gasteiger partial charge in [-0.15, -0.1) is 0 Å². The van der Waals surface area contributed by atoms with Crippen LogP contribution in [0.5, 0.6) is 0 Å². The first-order valence-corrected chi connectivity index (χ1v) is 8.30. The average Bonchev–Trinajstić information content (AvgIpc) is 2.42. The van der Waals surface area contributed by atoms with Gasteiger partial charge in [0.25, 0.3) is 0 Å². The van der Waals surface area contributed by atoms with Crippen molar-refractivity contribution in [2.45, 2.75) is 45.4 Å². The van der Waals surface area contributed by atoms with E-state index in [2.05, 4.69) is 16.7 Å². The Labute approximate surface area is 120 Å². The smallest absolute Gasteiger partial charge is 0.230 e. The van der Waals surface area contributed by atoms with Crippen molar-refractivity contribution in [3.8, 4) is 0 Å². The molecule has 0 aromatic carbocycles. The molecule has 1 atom stereocenters. The van der Waals surface area contributed by atoms with Gasteiger partial charge in [0, 0.05) is 6.54 Å². The zero-order valence-electron chi connectivity index (χ0n) is 12.0. The molecular formula is C13H27N3O2S. The third kappa shape index (κ3) is 8.75. The quantitative estimate of drug-likeness (QED) is 0.179. The second-order valence-electron chi connectivity index (χ2n) is 4.56. The number of unbranched alkanes of at least 4 members (excludes halogenated alkanes) is 3. The largest absolute Gasteiger partial charge is 0.409 e. The van der Waals surface area contributed by atoms with Crippen LogP contribution in [0.4, 0.5) is 0 Å². The summed E-state index contributed by atoms with van der Waals surface area (Å²) < 4.78 is 0. The molecule has 1 amide bonds. The van der Waals surface area contributed by atoms with Gasteiger partial charge in [-0.1, -0.05) is 31.3 Å². The van der Waals surface area contributed by atoms with Crippen LogP contribution >= 0.6 is 11.8 Å². The number of nitrogens with one attached hydrogen (secondary N) is 1. The van der Waals surface area contributed by atoms with Gasteiger partial charge < -0.3 is 16.3 Å². The fourth-order valence-electron chi connectivity index (χ4n) is 1.83. The molecule has 0 rings (SSSR count). The van der Waals surface area contributed by atoms with Crippen LogP contribution in [0.15, 0.2) is 5.16 Å². The first-order chi connectivity index (χ1) is 9.17. The van der Waals surface area contributed by atoms with Gasteiger partial charge in [-0.25, -0.2) is 0 Å². The van der Waals surface area contributed by atoms with Crippen molar-refractivity contribution in [3.63, 3.8) is 0 Å². The van der Waals surface area contributed by atoms with Crippen LogP contribution in [0, 0.1) is 5.92 Å². The lowest BCUT2D eigenvalue weighted by Crippen LogP contribution is -2.39. The molecule has 0 fully saturated rings. The summed E-state index contributed by atoms with van der Waals surface area (Å²) in [5.74, 6) is 0.557. The maximum Gasteiger partial charge on any atom is 0.230 e. The van der Waals surface area contributed by atoms with E-state index >= 15 is 0 Å². The van der Waals surface area contributed by atoms with Crippen LogP contribution in [0.1, 0.15) is 45.4 Å². The van der Waals surface area contributed by atoms with Crippen molar-refractivity contribution >= 4 is 23.5 Å². The third-order valence-corrected chi connectivity index (χ3v) is 3.64. The summed E-state index contributed by atoms with van der Waals surface area (Å²) in [5, 5.41) is 14.4. The monoisotopic (exact) mass is 289 g/mol. The molecule has 0 heterocycles. The summed E-state index contributed by atoms with van der Waals surface area (Å²) in [6.45, 7) is 2.63. The normalized spacial score (nSPS) is 13.3. The van der Waals surface area contributed by atoms with E-state index in [-0.39, 0.29) is 11.7 Å². The van der Waals surface area contributed by atoms with Crippen molar-refractivity contribution < 1.29 is 10.0 Å². The van der Waals surface area contributed by atoms with Gasteiger partial charge in [0.15, 0.2) is 5.84 Å². The number of hydrogen-bond donors (Lipinski definition) is 3. The molecular weight excluding hydrogens is 262 g/mol. The number of thioether (sulfide) groups is 1. The summed E-state index contributed by atoms with van der Waals surface area (Å²) in [6.07, 6.45) is 8.09. The second-order valence-corrected chi connectivity index (χ2v) is 5.55. The van der Waals surface area contributed by atoms with E-state index in [1.54, 1.807) is 0 Å². The number of nitrogens with zero attached hydrogens (tertiary/aromatic N) is 1. The first kappa shape index (κ1) is 18.1. The summed E-state index contributed by atoms with van der Waals surface area (Å²) in [7, 11) is 0. The lowest BCUT2D eigenvalue weighted by atomic mass is 10.0. The van der Waals surface area contributed by atoms with Gasteiger partial charge in [0.05, 0.1) is 5.92 Å². The first-order valence-electron chi connectivity index (χ1n) is 6.91. The predicted octanol–water partition coefficient (Wildman–Crippen LogP) is 2.19. The minimum Gasteiger partial charge on any atom is -0.409 e. The van der Waals surface area contributed by atoms with Crippen molar-refractivity contribution in [1.29, 1.82) is 0 Å². The Morgan fingerprint density at radius 1 is 1.37 bits per heavy atom. The molecule has 0 radical (unpaired) electrons. The third-order valence-electron chi connectivity index (χ3n) is 2.94. The van der Waals surface area contributed by atoms with Crippen LogP contribution < -0.4 is 11.1 Å². The van der Waals surface area contributed by atoms with Gasteiger partial charge >= 0.3 is 0 Å². The lowest BCUT2D eigenvalue weighted by molar-refractivity contribution is -0.123. The molecule has 5 nitrogen and oxygen atoms in total. The van der Waals surface area contributed by atoms with Crippen LogP contribution in [-0.4, -0.2) is 35.5 Å². The van der Waals surface area contributed by atoms with Crippen molar-refractivity contribution in [3.05, 3.63) is 0 Å². The van der Waals surface area contributed by atoms with Gasteiger partial charge in [-0.3, -0.25) is 4.79 Å². The number of amidine groups is 1. The highest BCUT2D eigenvalue weighted by molar-refractivity contribution is 7.98. The van der Waals surface area contributed by atoms with Gasteiger partial charge in [-0.2, -0.15) is 11.8 Å². The van der Waals surface area contributed by atoms with Crippen LogP contribution in [0.25, 0.3) is 0 Å². The maximum atomic E-state index is 11.9. The molecule has 4 N–H and O–H groups in total. The zero-order chi connectivity index (χ0) is 14.5. The van der Waals surface area contributed by atoms with E-state index in [1.165, 1.54) is 18.6 Å². The Bertz CT molecular complexity index is 273. The van der Waals surface area contributed by atoms with Gasteiger partial charge in [0.1, 0.15) is 0 Å². The topological polar surface area (TPSA) is 87.7 Å². The minimum atomic E-state index is -0.508. The summed E-state index contributed by atoms with van der Waals surface area (Å²) in [5.41, 5.74) is 5.53. The molecule has 0 spiro atoms. The molecule has 0 saturated heterocycles. The predicted molar refractivity (Wildman–Crippen MR) is 81.7 cm³/mol. The van der Waals surface area contributed by atoms with Crippen LogP contribution in [-0.2, 0) is 4.79 Å². The number of carbonyl (C=O) groups excluding carboxylic acids is 1. The van der Waals surface area contributed by atoms with E-state index in [4.69, 9.17) is 10.9 Å². The summed E-state index contributed by atoms with van der Waals surface area (Å²) in [4.78, 5) is 11.9. The molecule has 0 saturated carbocycles. The van der Waals surface area contributed by atoms with E-state index < -0.39 is 5.92 Å². The highest BCUT2D eigenvalue weighted by atomic mass is 32.2. The molecule has 1 unspecified atom stereocenters. The van der Waals surface area contributed by atoms with Crippen molar-refractivity contribution in [2.75, 3.05) is 18.6 Å². The Balaban J connectivity index is 3.81. The molecule has 112 valence electrons. The van der Waals surface area contributed by atoms with E-state index in [0.29, 0.717) is 13.0 Å². The van der Waals surface area contributed by atoms with Crippen molar-refractivity contribution in [2.24, 2.45) is 16.8 Å². The number of oxime groups is 1. The SMILES string of the molecule is CCCC(C(=O)NCCCCCCSC)C(N)=NO. The minimum absolute atomic E-state index is 0.000629. The fourth-order valence-corrected chi connectivity index (χ4v) is 2.32. The van der Waals surface area contributed by atoms with E-state index in [9.17, 15) is 4.79 Å². The Morgan fingerprint density at radius 3 is 2.63 bits per heavy atom. The average molecular weight is 289 g/mol. The Morgan fingerprint density at radius 2 is 2.05 bits per heavy atom. The molecule has 0 aliphatic rings. The second kappa shape index (κ2) is 12.1. The molecule has 0 aromatic rings. The fraction of sp³-hybridized carbons (Fsp3) is 0.846. The van der Waals surface area contributed by atoms with Crippen LogP contribution in [0.2, 0.25) is 0 Å². The number of carbonyl (C=O) groups is 1. The summed E-state index contributed by atoms with van der Waals surface area (Å²) in [6, 6.07) is 0. The molecule has 0 aromatic heterocycles. The number of hydrogen-bond acceptors (Lipinski definition) is 4. The summed E-state index contributed by atoms with van der Waals surface area (Å²) >= 11 is 1.86.